The molecule has 0 radical (unpaired) electrons. The average molecular weight is 267 g/mol. The fourth-order valence-electron chi connectivity index (χ4n) is 1.65. The van der Waals surface area contributed by atoms with Crippen LogP contribution in [0.25, 0.3) is 0 Å². The van der Waals surface area contributed by atoms with Gasteiger partial charge in [0, 0.05) is 6.04 Å². The Bertz CT molecular complexity index is 466. The van der Waals surface area contributed by atoms with Gasteiger partial charge in [0.15, 0.2) is 0 Å². The van der Waals surface area contributed by atoms with E-state index in [4.69, 9.17) is 0 Å². The number of sulfonamides is 1. The molecular formula is C14H21NO2S. The van der Waals surface area contributed by atoms with Gasteiger partial charge < -0.3 is 0 Å². The maximum Gasteiger partial charge on any atom is 0.212 e. The zero-order valence-corrected chi connectivity index (χ0v) is 11.8. The normalized spacial score (nSPS) is 13.9. The van der Waals surface area contributed by atoms with Crippen LogP contribution in [0.1, 0.15) is 38.3 Å². The van der Waals surface area contributed by atoms with Gasteiger partial charge in [-0.05, 0) is 25.3 Å². The van der Waals surface area contributed by atoms with Crippen molar-refractivity contribution in [2.75, 3.05) is 5.75 Å². The van der Waals surface area contributed by atoms with E-state index in [1.165, 1.54) is 0 Å². The molecule has 0 unspecified atom stereocenters. The summed E-state index contributed by atoms with van der Waals surface area (Å²) >= 11 is 0. The lowest BCUT2D eigenvalue weighted by molar-refractivity contribution is 0.566. The van der Waals surface area contributed by atoms with Crippen LogP contribution in [0.4, 0.5) is 0 Å². The van der Waals surface area contributed by atoms with Crippen LogP contribution in [0.15, 0.2) is 42.5 Å². The lowest BCUT2D eigenvalue weighted by atomic mass is 10.1. The molecule has 0 heterocycles. The van der Waals surface area contributed by atoms with Gasteiger partial charge in [-0.2, -0.15) is 0 Å². The predicted octanol–water partition coefficient (Wildman–Crippen LogP) is 3.02. The monoisotopic (exact) mass is 267 g/mol. The van der Waals surface area contributed by atoms with Gasteiger partial charge >= 0.3 is 0 Å². The SMILES string of the molecule is CC/C=C\CCS(=O)(=O)N[C@H](C)c1ccccc1. The van der Waals surface area contributed by atoms with E-state index in [9.17, 15) is 8.42 Å². The fraction of sp³-hybridized carbons (Fsp3) is 0.429. The molecule has 18 heavy (non-hydrogen) atoms. The zero-order valence-electron chi connectivity index (χ0n) is 11.0. The molecule has 1 atom stereocenters. The van der Waals surface area contributed by atoms with Gasteiger partial charge in [0.05, 0.1) is 5.75 Å². The van der Waals surface area contributed by atoms with Crippen molar-refractivity contribution >= 4 is 10.0 Å². The summed E-state index contributed by atoms with van der Waals surface area (Å²) in [5, 5.41) is 0. The molecule has 0 amide bonds. The molecule has 0 aliphatic carbocycles. The molecule has 1 aromatic carbocycles. The molecule has 0 fully saturated rings. The highest BCUT2D eigenvalue weighted by Crippen LogP contribution is 2.12. The van der Waals surface area contributed by atoms with Gasteiger partial charge in [-0.25, -0.2) is 13.1 Å². The van der Waals surface area contributed by atoms with Crippen LogP contribution in [0, 0.1) is 0 Å². The highest BCUT2D eigenvalue weighted by atomic mass is 32.2. The summed E-state index contributed by atoms with van der Waals surface area (Å²) in [7, 11) is -3.21. The largest absolute Gasteiger partial charge is 0.212 e. The first-order valence-electron chi connectivity index (χ1n) is 6.25. The van der Waals surface area contributed by atoms with Crippen molar-refractivity contribution < 1.29 is 8.42 Å². The minimum atomic E-state index is -3.21. The van der Waals surface area contributed by atoms with Crippen LogP contribution in [-0.4, -0.2) is 14.2 Å². The summed E-state index contributed by atoms with van der Waals surface area (Å²) in [5.41, 5.74) is 0.977. The maximum atomic E-state index is 11.8. The van der Waals surface area contributed by atoms with E-state index in [1.54, 1.807) is 0 Å². The summed E-state index contributed by atoms with van der Waals surface area (Å²) in [5.74, 6) is 0.140. The predicted molar refractivity (Wildman–Crippen MR) is 75.8 cm³/mol. The lowest BCUT2D eigenvalue weighted by Gasteiger charge is -2.14. The second-order valence-corrected chi connectivity index (χ2v) is 6.11. The number of hydrogen-bond acceptors (Lipinski definition) is 2. The van der Waals surface area contributed by atoms with Gasteiger partial charge in [0.1, 0.15) is 0 Å². The smallest absolute Gasteiger partial charge is 0.212 e. The Morgan fingerprint density at radius 1 is 1.22 bits per heavy atom. The molecule has 0 aliphatic rings. The molecule has 1 rings (SSSR count). The third-order valence-corrected chi connectivity index (χ3v) is 4.10. The van der Waals surface area contributed by atoms with Gasteiger partial charge in [-0.3, -0.25) is 0 Å². The summed E-state index contributed by atoms with van der Waals surface area (Å²) in [6, 6.07) is 9.38. The lowest BCUT2D eigenvalue weighted by Crippen LogP contribution is -2.28. The van der Waals surface area contributed by atoms with Crippen molar-refractivity contribution in [2.24, 2.45) is 0 Å². The van der Waals surface area contributed by atoms with E-state index in [0.29, 0.717) is 6.42 Å². The average Bonchev–Trinajstić information content (AvgIpc) is 2.35. The van der Waals surface area contributed by atoms with Gasteiger partial charge in [-0.1, -0.05) is 49.4 Å². The van der Waals surface area contributed by atoms with Crippen molar-refractivity contribution in [2.45, 2.75) is 32.7 Å². The number of allylic oxidation sites excluding steroid dienone is 2. The van der Waals surface area contributed by atoms with E-state index in [-0.39, 0.29) is 11.8 Å². The summed E-state index contributed by atoms with van der Waals surface area (Å²) in [6.07, 6.45) is 5.39. The molecule has 0 saturated heterocycles. The first-order valence-corrected chi connectivity index (χ1v) is 7.90. The van der Waals surface area contributed by atoms with Crippen LogP contribution >= 0.6 is 0 Å². The Morgan fingerprint density at radius 3 is 2.50 bits per heavy atom. The molecule has 0 aromatic heterocycles. The first kappa shape index (κ1) is 14.9. The fourth-order valence-corrected chi connectivity index (χ4v) is 2.88. The third kappa shape index (κ3) is 5.47. The highest BCUT2D eigenvalue weighted by Gasteiger charge is 2.14. The van der Waals surface area contributed by atoms with Gasteiger partial charge in [-0.15, -0.1) is 0 Å². The quantitative estimate of drug-likeness (QED) is 0.772. The Kier molecular flexibility index (Phi) is 6.09. The molecule has 0 bridgehead atoms. The molecule has 3 nitrogen and oxygen atoms in total. The van der Waals surface area contributed by atoms with Crippen molar-refractivity contribution in [3.05, 3.63) is 48.0 Å². The standard InChI is InChI=1S/C14H21NO2S/c1-3-4-5-9-12-18(16,17)15-13(2)14-10-7-6-8-11-14/h4-8,10-11,13,15H,3,9,12H2,1-2H3/b5-4-/t13-/m1/s1. The van der Waals surface area contributed by atoms with Crippen molar-refractivity contribution in [1.29, 1.82) is 0 Å². The zero-order chi connectivity index (χ0) is 13.4. The van der Waals surface area contributed by atoms with Crippen molar-refractivity contribution in [1.82, 2.24) is 4.72 Å². The number of rotatable bonds is 7. The Hall–Kier alpha value is -1.13. The summed E-state index contributed by atoms with van der Waals surface area (Å²) < 4.78 is 26.4. The molecular weight excluding hydrogens is 246 g/mol. The Balaban J connectivity index is 2.53. The third-order valence-electron chi connectivity index (χ3n) is 2.61. The van der Waals surface area contributed by atoms with Crippen molar-refractivity contribution in [3.8, 4) is 0 Å². The van der Waals surface area contributed by atoms with Crippen LogP contribution in [0.5, 0.6) is 0 Å². The maximum absolute atomic E-state index is 11.8. The van der Waals surface area contributed by atoms with Crippen LogP contribution in [-0.2, 0) is 10.0 Å². The van der Waals surface area contributed by atoms with E-state index >= 15 is 0 Å². The summed E-state index contributed by atoms with van der Waals surface area (Å²) in [6.45, 7) is 3.88. The molecule has 1 N–H and O–H groups in total. The van der Waals surface area contributed by atoms with Crippen LogP contribution in [0.2, 0.25) is 0 Å². The Labute approximate surface area is 110 Å². The Morgan fingerprint density at radius 2 is 1.89 bits per heavy atom. The number of benzene rings is 1. The van der Waals surface area contributed by atoms with E-state index < -0.39 is 10.0 Å². The molecule has 100 valence electrons. The highest BCUT2D eigenvalue weighted by molar-refractivity contribution is 7.89. The molecule has 0 aliphatic heterocycles. The first-order chi connectivity index (χ1) is 8.55. The molecule has 0 spiro atoms. The molecule has 4 heteroatoms. The van der Waals surface area contributed by atoms with E-state index in [0.717, 1.165) is 12.0 Å². The second kappa shape index (κ2) is 7.34. The van der Waals surface area contributed by atoms with Crippen LogP contribution < -0.4 is 4.72 Å². The minimum Gasteiger partial charge on any atom is -0.212 e. The summed E-state index contributed by atoms with van der Waals surface area (Å²) in [4.78, 5) is 0. The van der Waals surface area contributed by atoms with E-state index in [1.807, 2.05) is 56.3 Å². The van der Waals surface area contributed by atoms with Gasteiger partial charge in [0.2, 0.25) is 10.0 Å². The van der Waals surface area contributed by atoms with Crippen LogP contribution in [0.3, 0.4) is 0 Å². The molecule has 0 saturated carbocycles. The second-order valence-electron chi connectivity index (χ2n) is 4.24. The van der Waals surface area contributed by atoms with Crippen molar-refractivity contribution in [3.63, 3.8) is 0 Å². The van der Waals surface area contributed by atoms with Gasteiger partial charge in [0.25, 0.3) is 0 Å². The molecule has 1 aromatic rings. The minimum absolute atomic E-state index is 0.140. The van der Waals surface area contributed by atoms with E-state index in [2.05, 4.69) is 4.72 Å². The number of nitrogens with one attached hydrogen (secondary N) is 1. The topological polar surface area (TPSA) is 46.2 Å². The number of hydrogen-bond donors (Lipinski definition) is 1.